The van der Waals surface area contributed by atoms with Gasteiger partial charge in [0.15, 0.2) is 25.3 Å². The fourth-order valence-electron chi connectivity index (χ4n) is 6.10. The van der Waals surface area contributed by atoms with Crippen LogP contribution in [0.2, 0.25) is 0 Å². The molecule has 246 valence electrons. The zero-order valence-electron chi connectivity index (χ0n) is 25.0. The fourth-order valence-corrected chi connectivity index (χ4v) is 8.77. The van der Waals surface area contributed by atoms with Crippen LogP contribution in [0.3, 0.4) is 0 Å². The minimum atomic E-state index is -3.96. The number of fused-ring (bicyclic) bond motifs is 6. The van der Waals surface area contributed by atoms with E-state index in [0.717, 1.165) is 48.5 Å². The van der Waals surface area contributed by atoms with Crippen molar-refractivity contribution in [2.45, 2.75) is 26.9 Å². The van der Waals surface area contributed by atoms with Gasteiger partial charge in [-0.2, -0.15) is 0 Å². The molecule has 2 aliphatic heterocycles. The molecule has 5 aromatic carbocycles. The monoisotopic (exact) mass is 698 g/mol. The van der Waals surface area contributed by atoms with E-state index in [4.69, 9.17) is 9.47 Å². The molecule has 1 spiro atoms. The van der Waals surface area contributed by atoms with Gasteiger partial charge in [0.1, 0.15) is 11.5 Å². The maximum absolute atomic E-state index is 13.3. The Morgan fingerprint density at radius 3 is 1.49 bits per heavy atom. The molecule has 13 nitrogen and oxygen atoms in total. The summed E-state index contributed by atoms with van der Waals surface area (Å²) in [6.45, 7) is 0. The van der Waals surface area contributed by atoms with E-state index in [1.165, 1.54) is 12.1 Å². The lowest BCUT2D eigenvalue weighted by Gasteiger charge is -2.37. The largest absolute Gasteiger partial charge is 0.456 e. The minimum absolute atomic E-state index is 0.115. The standard InChI is InChI=1S/C34H22N2O11S2/c37-33-27-3-1-2-4-28(27)34(47-33)29-15-5-21(19-48(42,43)25-11-7-23(8-12-25)35(38)39)17-31(29)46-32-18-22(6-16-30(32)34)20-49(44,45)26-13-9-24(10-14-26)36(40)41/h1-18H,19-20H2. The Balaban J connectivity index is 1.29. The summed E-state index contributed by atoms with van der Waals surface area (Å²) in [5.41, 5.74) is 0.284. The smallest absolute Gasteiger partial charge is 0.340 e. The first-order valence-electron chi connectivity index (χ1n) is 14.5. The normalized spacial score (nSPS) is 14.2. The number of hydrogen-bond donors (Lipinski definition) is 0. The summed E-state index contributed by atoms with van der Waals surface area (Å²) in [5.74, 6) is -1.22. The van der Waals surface area contributed by atoms with Crippen LogP contribution in [0.5, 0.6) is 11.5 Å². The third-order valence-electron chi connectivity index (χ3n) is 8.37. The number of esters is 1. The molecule has 15 heteroatoms. The van der Waals surface area contributed by atoms with Gasteiger partial charge in [-0.25, -0.2) is 21.6 Å². The van der Waals surface area contributed by atoms with Gasteiger partial charge in [0.05, 0.1) is 36.7 Å². The molecule has 0 amide bonds. The van der Waals surface area contributed by atoms with Gasteiger partial charge in [-0.3, -0.25) is 20.2 Å². The number of rotatable bonds is 8. The number of hydrogen-bond acceptors (Lipinski definition) is 11. The van der Waals surface area contributed by atoms with Crippen LogP contribution < -0.4 is 4.74 Å². The summed E-state index contributed by atoms with van der Waals surface area (Å²) in [6.07, 6.45) is 0. The van der Waals surface area contributed by atoms with Crippen molar-refractivity contribution >= 4 is 37.0 Å². The van der Waals surface area contributed by atoms with Crippen molar-refractivity contribution in [3.05, 3.63) is 163 Å². The van der Waals surface area contributed by atoms with Crippen LogP contribution in [0.15, 0.2) is 119 Å². The van der Waals surface area contributed by atoms with Gasteiger partial charge < -0.3 is 9.47 Å². The van der Waals surface area contributed by atoms with Gasteiger partial charge in [-0.1, -0.05) is 42.5 Å². The van der Waals surface area contributed by atoms with Crippen molar-refractivity contribution in [3.8, 4) is 11.5 Å². The number of carbonyl (C=O) groups is 1. The van der Waals surface area contributed by atoms with Crippen LogP contribution >= 0.6 is 0 Å². The quantitative estimate of drug-likeness (QED) is 0.105. The average Bonchev–Trinajstić information content (AvgIpc) is 3.36. The number of non-ortho nitro benzene ring substituents is 2. The van der Waals surface area contributed by atoms with Crippen LogP contribution in [0.1, 0.15) is 38.2 Å². The topological polar surface area (TPSA) is 190 Å². The van der Waals surface area contributed by atoms with Gasteiger partial charge in [0, 0.05) is 41.0 Å². The summed E-state index contributed by atoms with van der Waals surface area (Å²) in [5, 5.41) is 22.1. The molecule has 0 fully saturated rings. The number of benzene rings is 5. The van der Waals surface area contributed by atoms with E-state index in [1.54, 1.807) is 48.5 Å². The van der Waals surface area contributed by atoms with Crippen LogP contribution in [-0.2, 0) is 41.5 Å². The molecular formula is C34H22N2O11S2. The van der Waals surface area contributed by atoms with E-state index in [1.807, 2.05) is 0 Å². The highest BCUT2D eigenvalue weighted by atomic mass is 32.2. The van der Waals surface area contributed by atoms with E-state index >= 15 is 0 Å². The Hall–Kier alpha value is -5.93. The highest BCUT2D eigenvalue weighted by Crippen LogP contribution is 2.56. The van der Waals surface area contributed by atoms with E-state index in [9.17, 15) is 41.9 Å². The van der Waals surface area contributed by atoms with Crippen molar-refractivity contribution < 1.29 is 41.0 Å². The molecule has 0 N–H and O–H groups in total. The molecule has 49 heavy (non-hydrogen) atoms. The summed E-state index contributed by atoms with van der Waals surface area (Å²) >= 11 is 0. The van der Waals surface area contributed by atoms with Crippen LogP contribution in [-0.4, -0.2) is 32.7 Å². The second-order valence-electron chi connectivity index (χ2n) is 11.4. The molecule has 5 aromatic rings. The van der Waals surface area contributed by atoms with Gasteiger partial charge in [-0.15, -0.1) is 0 Å². The summed E-state index contributed by atoms with van der Waals surface area (Å²) in [7, 11) is -7.91. The maximum Gasteiger partial charge on any atom is 0.340 e. The Morgan fingerprint density at radius 1 is 0.592 bits per heavy atom. The van der Waals surface area contributed by atoms with Gasteiger partial charge in [-0.05, 0) is 53.6 Å². The molecule has 0 atom stereocenters. The molecule has 0 unspecified atom stereocenters. The van der Waals surface area contributed by atoms with E-state index in [-0.39, 0.29) is 32.7 Å². The lowest BCUT2D eigenvalue weighted by Crippen LogP contribution is -2.33. The van der Waals surface area contributed by atoms with Crippen LogP contribution in [0, 0.1) is 20.2 Å². The number of nitrogens with zero attached hydrogens (tertiary/aromatic N) is 2. The van der Waals surface area contributed by atoms with Crippen molar-refractivity contribution in [2.24, 2.45) is 0 Å². The Labute approximate surface area is 278 Å². The van der Waals surface area contributed by atoms with Crippen LogP contribution in [0.4, 0.5) is 11.4 Å². The van der Waals surface area contributed by atoms with Gasteiger partial charge in [0.2, 0.25) is 0 Å². The SMILES string of the molecule is O=C1OC2(c3ccc(CS(=O)(=O)c4ccc([N+](=O)[O-])cc4)cc3Oc3cc(CS(=O)(=O)c4ccc([N+](=O)[O-])cc4)ccc32)c2ccccc21. The fraction of sp³-hybridized carbons (Fsp3) is 0.0882. The number of carbonyl (C=O) groups excluding carboxylic acids is 1. The predicted octanol–water partition coefficient (Wildman–Crippen LogP) is 6.02. The average molecular weight is 699 g/mol. The highest BCUT2D eigenvalue weighted by Gasteiger charge is 2.53. The minimum Gasteiger partial charge on any atom is -0.456 e. The van der Waals surface area contributed by atoms with E-state index < -0.39 is 52.6 Å². The third kappa shape index (κ3) is 5.38. The molecule has 0 radical (unpaired) electrons. The van der Waals surface area contributed by atoms with Crippen molar-refractivity contribution in [1.82, 2.24) is 0 Å². The zero-order chi connectivity index (χ0) is 34.7. The summed E-state index contributed by atoms with van der Waals surface area (Å²) in [4.78, 5) is 33.8. The number of sulfone groups is 2. The third-order valence-corrected chi connectivity index (χ3v) is 11.8. The molecule has 2 aliphatic rings. The predicted molar refractivity (Wildman–Crippen MR) is 173 cm³/mol. The van der Waals surface area contributed by atoms with Crippen molar-refractivity contribution in [3.63, 3.8) is 0 Å². The maximum atomic E-state index is 13.3. The second-order valence-corrected chi connectivity index (χ2v) is 15.4. The van der Waals surface area contributed by atoms with Gasteiger partial charge >= 0.3 is 5.97 Å². The number of nitro benzene ring substituents is 2. The van der Waals surface area contributed by atoms with Crippen molar-refractivity contribution in [2.75, 3.05) is 0 Å². The summed E-state index contributed by atoms with van der Waals surface area (Å²) < 4.78 is 65.5. The Bertz CT molecular complexity index is 2300. The van der Waals surface area contributed by atoms with E-state index in [2.05, 4.69) is 0 Å². The second kappa shape index (κ2) is 11.4. The molecular weight excluding hydrogens is 677 g/mol. The molecule has 0 aliphatic carbocycles. The molecule has 7 rings (SSSR count). The number of ether oxygens (including phenoxy) is 2. The van der Waals surface area contributed by atoms with Gasteiger partial charge in [0.25, 0.3) is 11.4 Å². The summed E-state index contributed by atoms with van der Waals surface area (Å²) in [6, 6.07) is 25.2. The lowest BCUT2D eigenvalue weighted by atomic mass is 9.77. The first-order valence-corrected chi connectivity index (χ1v) is 17.8. The molecule has 0 aromatic heterocycles. The van der Waals surface area contributed by atoms with Crippen LogP contribution in [0.25, 0.3) is 0 Å². The molecule has 0 saturated carbocycles. The first kappa shape index (κ1) is 31.7. The molecule has 0 bridgehead atoms. The lowest BCUT2D eigenvalue weighted by molar-refractivity contribution is -0.385. The first-order chi connectivity index (χ1) is 23.3. The Morgan fingerprint density at radius 2 is 1.04 bits per heavy atom. The number of nitro groups is 2. The highest BCUT2D eigenvalue weighted by molar-refractivity contribution is 7.91. The Kier molecular flexibility index (Phi) is 7.33. The molecule has 2 heterocycles. The molecule has 0 saturated heterocycles. The van der Waals surface area contributed by atoms with Crippen molar-refractivity contribution in [1.29, 1.82) is 0 Å². The van der Waals surface area contributed by atoms with E-state index in [0.29, 0.717) is 33.4 Å². The zero-order valence-corrected chi connectivity index (χ0v) is 26.6.